The van der Waals surface area contributed by atoms with E-state index in [1.165, 1.54) is 23.4 Å². The third-order valence-electron chi connectivity index (χ3n) is 4.66. The Morgan fingerprint density at radius 1 is 1.19 bits per heavy atom. The van der Waals surface area contributed by atoms with Crippen molar-refractivity contribution in [3.63, 3.8) is 0 Å². The first kappa shape index (κ1) is 18.5. The maximum atomic E-state index is 13.0. The molecular weight excluding hydrogens is 348 g/mol. The van der Waals surface area contributed by atoms with E-state index in [-0.39, 0.29) is 17.6 Å². The number of nitrogens with zero attached hydrogens (tertiary/aromatic N) is 2. The second-order valence-corrected chi connectivity index (χ2v) is 7.33. The largest absolute Gasteiger partial charge is 0.331 e. The molecule has 0 bridgehead atoms. The minimum absolute atomic E-state index is 0.00797. The molecule has 1 fully saturated rings. The van der Waals surface area contributed by atoms with Crippen LogP contribution in [-0.2, 0) is 13.0 Å². The fraction of sp³-hybridized carbons (Fsp3) is 0.350. The van der Waals surface area contributed by atoms with Crippen LogP contribution < -0.4 is 0 Å². The molecule has 26 heavy (non-hydrogen) atoms. The van der Waals surface area contributed by atoms with Crippen LogP contribution >= 0.6 is 11.8 Å². The SMILES string of the molecule is CCc1ccc(CN(C(=O)c2ccc(SC)c([N+](=O)[O-])c2)C2CC2)cc1. The molecule has 136 valence electrons. The van der Waals surface area contributed by atoms with Gasteiger partial charge in [0.25, 0.3) is 11.6 Å². The van der Waals surface area contributed by atoms with Gasteiger partial charge in [-0.15, -0.1) is 11.8 Å². The summed E-state index contributed by atoms with van der Waals surface area (Å²) in [5.74, 6) is -0.136. The fourth-order valence-electron chi connectivity index (χ4n) is 2.96. The van der Waals surface area contributed by atoms with Crippen LogP contribution in [0.1, 0.15) is 41.3 Å². The van der Waals surface area contributed by atoms with E-state index >= 15 is 0 Å². The first-order valence-corrected chi connectivity index (χ1v) is 9.97. The second kappa shape index (κ2) is 7.91. The number of nitro groups is 1. The molecule has 2 aromatic rings. The van der Waals surface area contributed by atoms with Crippen molar-refractivity contribution < 1.29 is 9.72 Å². The molecule has 0 aromatic heterocycles. The fourth-order valence-corrected chi connectivity index (χ4v) is 3.51. The van der Waals surface area contributed by atoms with Crippen LogP contribution in [0.5, 0.6) is 0 Å². The Morgan fingerprint density at radius 3 is 2.38 bits per heavy atom. The number of carbonyl (C=O) groups excluding carboxylic acids is 1. The van der Waals surface area contributed by atoms with E-state index in [0.29, 0.717) is 17.0 Å². The summed E-state index contributed by atoms with van der Waals surface area (Å²) in [5, 5.41) is 11.3. The highest BCUT2D eigenvalue weighted by Crippen LogP contribution is 2.32. The molecule has 0 atom stereocenters. The van der Waals surface area contributed by atoms with Crippen molar-refractivity contribution in [2.24, 2.45) is 0 Å². The van der Waals surface area contributed by atoms with Crippen LogP contribution in [0, 0.1) is 10.1 Å². The number of benzene rings is 2. The van der Waals surface area contributed by atoms with Gasteiger partial charge in [0.05, 0.1) is 9.82 Å². The van der Waals surface area contributed by atoms with E-state index in [4.69, 9.17) is 0 Å². The van der Waals surface area contributed by atoms with Gasteiger partial charge in [-0.1, -0.05) is 31.2 Å². The first-order chi connectivity index (χ1) is 12.5. The summed E-state index contributed by atoms with van der Waals surface area (Å²) in [7, 11) is 0. The van der Waals surface area contributed by atoms with Gasteiger partial charge in [0, 0.05) is 24.2 Å². The van der Waals surface area contributed by atoms with Gasteiger partial charge in [-0.2, -0.15) is 0 Å². The van der Waals surface area contributed by atoms with Crippen LogP contribution in [0.2, 0.25) is 0 Å². The second-order valence-electron chi connectivity index (χ2n) is 6.48. The highest BCUT2D eigenvalue weighted by Gasteiger charge is 2.33. The molecule has 0 unspecified atom stereocenters. The smallest absolute Gasteiger partial charge is 0.283 e. The summed E-state index contributed by atoms with van der Waals surface area (Å²) in [4.78, 5) is 26.3. The van der Waals surface area contributed by atoms with Crippen LogP contribution in [-0.4, -0.2) is 28.0 Å². The van der Waals surface area contributed by atoms with Gasteiger partial charge in [-0.3, -0.25) is 14.9 Å². The van der Waals surface area contributed by atoms with E-state index < -0.39 is 4.92 Å². The molecule has 2 aromatic carbocycles. The summed E-state index contributed by atoms with van der Waals surface area (Å²) in [6, 6.07) is 13.3. The molecule has 1 aliphatic carbocycles. The highest BCUT2D eigenvalue weighted by molar-refractivity contribution is 7.98. The van der Waals surface area contributed by atoms with Crippen molar-refractivity contribution in [3.8, 4) is 0 Å². The summed E-state index contributed by atoms with van der Waals surface area (Å²) >= 11 is 1.31. The minimum atomic E-state index is -0.423. The maximum Gasteiger partial charge on any atom is 0.283 e. The number of nitro benzene ring substituents is 1. The lowest BCUT2D eigenvalue weighted by molar-refractivity contribution is -0.387. The van der Waals surface area contributed by atoms with Crippen molar-refractivity contribution in [1.82, 2.24) is 4.90 Å². The predicted molar refractivity (Wildman–Crippen MR) is 104 cm³/mol. The first-order valence-electron chi connectivity index (χ1n) is 8.74. The van der Waals surface area contributed by atoms with E-state index in [0.717, 1.165) is 24.8 Å². The van der Waals surface area contributed by atoms with Crippen LogP contribution in [0.3, 0.4) is 0 Å². The van der Waals surface area contributed by atoms with Gasteiger partial charge in [0.15, 0.2) is 0 Å². The Bertz CT molecular complexity index is 816. The summed E-state index contributed by atoms with van der Waals surface area (Å²) in [5.41, 5.74) is 2.72. The lowest BCUT2D eigenvalue weighted by atomic mass is 10.1. The monoisotopic (exact) mass is 370 g/mol. The zero-order valence-electron chi connectivity index (χ0n) is 15.0. The average Bonchev–Trinajstić information content (AvgIpc) is 3.50. The van der Waals surface area contributed by atoms with E-state index in [2.05, 4.69) is 31.2 Å². The van der Waals surface area contributed by atoms with E-state index in [1.54, 1.807) is 18.4 Å². The number of rotatable bonds is 7. The van der Waals surface area contributed by atoms with Gasteiger partial charge in [0.1, 0.15) is 0 Å². The Labute approximate surface area is 157 Å². The van der Waals surface area contributed by atoms with Crippen molar-refractivity contribution in [2.45, 2.75) is 43.7 Å². The van der Waals surface area contributed by atoms with Gasteiger partial charge >= 0.3 is 0 Å². The molecule has 0 saturated heterocycles. The van der Waals surface area contributed by atoms with Gasteiger partial charge in [-0.05, 0) is 48.8 Å². The maximum absolute atomic E-state index is 13.0. The third kappa shape index (κ3) is 4.07. The quantitative estimate of drug-likeness (QED) is 0.403. The number of hydrogen-bond donors (Lipinski definition) is 0. The Hall–Kier alpha value is -2.34. The molecule has 5 nitrogen and oxygen atoms in total. The van der Waals surface area contributed by atoms with Crippen molar-refractivity contribution in [1.29, 1.82) is 0 Å². The van der Waals surface area contributed by atoms with Gasteiger partial charge < -0.3 is 4.90 Å². The zero-order chi connectivity index (χ0) is 18.7. The molecule has 1 amide bonds. The molecule has 1 aliphatic rings. The van der Waals surface area contributed by atoms with Crippen LogP contribution in [0.25, 0.3) is 0 Å². The molecule has 0 aliphatic heterocycles. The lowest BCUT2D eigenvalue weighted by Crippen LogP contribution is -2.32. The van der Waals surface area contributed by atoms with Crippen molar-refractivity contribution >= 4 is 23.4 Å². The molecule has 0 heterocycles. The number of hydrogen-bond acceptors (Lipinski definition) is 4. The summed E-state index contributed by atoms with van der Waals surface area (Å²) in [6.45, 7) is 2.64. The topological polar surface area (TPSA) is 63.5 Å². The van der Waals surface area contributed by atoms with Gasteiger partial charge in [-0.25, -0.2) is 0 Å². The number of thioether (sulfide) groups is 1. The lowest BCUT2D eigenvalue weighted by Gasteiger charge is -2.23. The third-order valence-corrected chi connectivity index (χ3v) is 5.44. The molecule has 6 heteroatoms. The number of amides is 1. The number of carbonyl (C=O) groups is 1. The van der Waals surface area contributed by atoms with Crippen molar-refractivity contribution in [2.75, 3.05) is 6.26 Å². The zero-order valence-corrected chi connectivity index (χ0v) is 15.8. The van der Waals surface area contributed by atoms with E-state index in [1.807, 2.05) is 4.90 Å². The predicted octanol–water partition coefficient (Wildman–Crippen LogP) is 4.68. The normalized spacial score (nSPS) is 13.5. The van der Waals surface area contributed by atoms with Crippen molar-refractivity contribution in [3.05, 3.63) is 69.3 Å². The van der Waals surface area contributed by atoms with Crippen LogP contribution in [0.15, 0.2) is 47.4 Å². The number of aryl methyl sites for hydroxylation is 1. The molecular formula is C20H22N2O3S. The Morgan fingerprint density at radius 2 is 1.85 bits per heavy atom. The molecule has 1 saturated carbocycles. The molecule has 0 spiro atoms. The van der Waals surface area contributed by atoms with Gasteiger partial charge in [0.2, 0.25) is 0 Å². The standard InChI is InChI=1S/C20H22N2O3S/c1-3-14-4-6-15(7-5-14)13-21(17-9-10-17)20(23)16-8-11-19(26-2)18(12-16)22(24)25/h4-8,11-12,17H,3,9-10,13H2,1-2H3. The summed E-state index contributed by atoms with van der Waals surface area (Å²) in [6.07, 6.45) is 4.75. The minimum Gasteiger partial charge on any atom is -0.331 e. The molecule has 0 N–H and O–H groups in total. The van der Waals surface area contributed by atoms with Crippen LogP contribution in [0.4, 0.5) is 5.69 Å². The highest BCUT2D eigenvalue weighted by atomic mass is 32.2. The summed E-state index contributed by atoms with van der Waals surface area (Å²) < 4.78 is 0. The Balaban J connectivity index is 1.85. The van der Waals surface area contributed by atoms with E-state index in [9.17, 15) is 14.9 Å². The average molecular weight is 370 g/mol. The molecule has 3 rings (SSSR count). The Kier molecular flexibility index (Phi) is 5.61. The molecule has 0 radical (unpaired) electrons.